The second-order valence-corrected chi connectivity index (χ2v) is 6.95. The minimum absolute atomic E-state index is 0.0113. The van der Waals surface area contributed by atoms with Gasteiger partial charge in [0.15, 0.2) is 0 Å². The Morgan fingerprint density at radius 2 is 2.30 bits per heavy atom. The molecule has 2 aromatic rings. The van der Waals surface area contributed by atoms with Crippen LogP contribution in [0.2, 0.25) is 0 Å². The number of likely N-dealkylation sites (tertiary alicyclic amines) is 1. The molecule has 0 saturated carbocycles. The average molecular weight is 328 g/mol. The summed E-state index contributed by atoms with van der Waals surface area (Å²) in [6.07, 6.45) is 3.13. The molecule has 23 heavy (non-hydrogen) atoms. The number of rotatable bonds is 3. The molecule has 3 heterocycles. The molecule has 0 radical (unpaired) electrons. The monoisotopic (exact) mass is 328 g/mol. The number of carbonyl (C=O) groups excluding carboxylic acids is 1. The fraction of sp³-hybridized carbons (Fsp3) is 0.471. The van der Waals surface area contributed by atoms with E-state index in [4.69, 9.17) is 5.26 Å². The van der Waals surface area contributed by atoms with Gasteiger partial charge in [0.25, 0.3) is 5.91 Å². The molecule has 0 unspecified atom stereocenters. The van der Waals surface area contributed by atoms with Crippen LogP contribution >= 0.6 is 11.3 Å². The van der Waals surface area contributed by atoms with Crippen molar-refractivity contribution < 1.29 is 4.79 Å². The summed E-state index contributed by atoms with van der Waals surface area (Å²) in [6.45, 7) is 5.50. The molecular formula is C17H20N4OS. The van der Waals surface area contributed by atoms with Crippen LogP contribution in [0, 0.1) is 25.2 Å². The van der Waals surface area contributed by atoms with Crippen molar-refractivity contribution in [1.82, 2.24) is 14.7 Å². The van der Waals surface area contributed by atoms with Gasteiger partial charge in [0.1, 0.15) is 10.9 Å². The highest BCUT2D eigenvalue weighted by Gasteiger charge is 2.30. The molecule has 1 aliphatic heterocycles. The Bertz CT molecular complexity index is 755. The lowest BCUT2D eigenvalue weighted by molar-refractivity contribution is 0.0587. The molecular weight excluding hydrogens is 308 g/mol. The van der Waals surface area contributed by atoms with E-state index in [0.29, 0.717) is 10.4 Å². The van der Waals surface area contributed by atoms with Crippen molar-refractivity contribution in [1.29, 1.82) is 5.26 Å². The van der Waals surface area contributed by atoms with Crippen LogP contribution in [0.15, 0.2) is 17.5 Å². The van der Waals surface area contributed by atoms with E-state index in [0.717, 1.165) is 43.7 Å². The molecule has 5 nitrogen and oxygen atoms in total. The predicted octanol–water partition coefficient (Wildman–Crippen LogP) is 3.13. The number of aryl methyl sites for hydroxylation is 2. The highest BCUT2D eigenvalue weighted by Crippen LogP contribution is 2.25. The normalized spacial score (nSPS) is 18.0. The molecule has 0 aromatic carbocycles. The summed E-state index contributed by atoms with van der Waals surface area (Å²) in [5.74, 6) is -0.0113. The quantitative estimate of drug-likeness (QED) is 0.869. The van der Waals surface area contributed by atoms with Gasteiger partial charge in [-0.1, -0.05) is 0 Å². The lowest BCUT2D eigenvalue weighted by atomic mass is 10.0. The minimum atomic E-state index is -0.0113. The van der Waals surface area contributed by atoms with Gasteiger partial charge in [0, 0.05) is 12.2 Å². The first kappa shape index (κ1) is 15.8. The van der Waals surface area contributed by atoms with Crippen LogP contribution in [0.4, 0.5) is 0 Å². The molecule has 0 bridgehead atoms. The van der Waals surface area contributed by atoms with Crippen molar-refractivity contribution in [3.05, 3.63) is 39.3 Å². The van der Waals surface area contributed by atoms with Crippen LogP contribution in [-0.2, 0) is 6.54 Å². The number of piperidine rings is 1. The van der Waals surface area contributed by atoms with E-state index in [1.807, 2.05) is 28.8 Å². The smallest absolute Gasteiger partial charge is 0.265 e. The largest absolute Gasteiger partial charge is 0.333 e. The SMILES string of the molecule is Cc1cc(C)n(C[C@@H]2CCCCN2C(=O)c2sccc2C#N)n1. The summed E-state index contributed by atoms with van der Waals surface area (Å²) in [6, 6.07) is 6.04. The third-order valence-corrected chi connectivity index (χ3v) is 5.26. The number of aromatic nitrogens is 2. The fourth-order valence-electron chi connectivity index (χ4n) is 3.21. The van der Waals surface area contributed by atoms with Crippen LogP contribution in [0.25, 0.3) is 0 Å². The van der Waals surface area contributed by atoms with Crippen LogP contribution in [0.5, 0.6) is 0 Å². The zero-order valence-corrected chi connectivity index (χ0v) is 14.3. The van der Waals surface area contributed by atoms with Gasteiger partial charge in [-0.15, -0.1) is 11.3 Å². The number of hydrogen-bond acceptors (Lipinski definition) is 4. The van der Waals surface area contributed by atoms with Crippen molar-refractivity contribution in [3.63, 3.8) is 0 Å². The van der Waals surface area contributed by atoms with E-state index in [9.17, 15) is 4.79 Å². The van der Waals surface area contributed by atoms with E-state index in [1.165, 1.54) is 11.3 Å². The van der Waals surface area contributed by atoms with Crippen molar-refractivity contribution in [3.8, 4) is 6.07 Å². The van der Waals surface area contributed by atoms with Crippen LogP contribution in [0.3, 0.4) is 0 Å². The summed E-state index contributed by atoms with van der Waals surface area (Å²) >= 11 is 1.36. The van der Waals surface area contributed by atoms with Crippen LogP contribution in [-0.4, -0.2) is 33.2 Å². The average Bonchev–Trinajstić information content (AvgIpc) is 3.13. The maximum Gasteiger partial charge on any atom is 0.265 e. The van der Waals surface area contributed by atoms with Crippen LogP contribution in [0.1, 0.15) is 45.9 Å². The summed E-state index contributed by atoms with van der Waals surface area (Å²) < 4.78 is 1.99. The van der Waals surface area contributed by atoms with Gasteiger partial charge in [-0.25, -0.2) is 0 Å². The topological polar surface area (TPSA) is 61.9 Å². The number of thiophene rings is 1. The molecule has 120 valence electrons. The van der Waals surface area contributed by atoms with Gasteiger partial charge in [-0.2, -0.15) is 10.4 Å². The van der Waals surface area contributed by atoms with Gasteiger partial charge in [0.05, 0.1) is 23.8 Å². The highest BCUT2D eigenvalue weighted by atomic mass is 32.1. The van der Waals surface area contributed by atoms with Crippen molar-refractivity contribution in [2.75, 3.05) is 6.54 Å². The second kappa shape index (κ2) is 6.55. The van der Waals surface area contributed by atoms with Gasteiger partial charge in [-0.05, 0) is 50.6 Å². The maximum absolute atomic E-state index is 12.9. The molecule has 1 saturated heterocycles. The van der Waals surface area contributed by atoms with Gasteiger partial charge < -0.3 is 4.90 Å². The first-order valence-corrected chi connectivity index (χ1v) is 8.77. The standard InChI is InChI=1S/C17H20N4OS/c1-12-9-13(2)21(19-12)11-15-5-3-4-7-20(15)17(22)16-14(10-18)6-8-23-16/h6,8-9,15H,3-5,7,11H2,1-2H3/t15-/m0/s1. The van der Waals surface area contributed by atoms with Gasteiger partial charge >= 0.3 is 0 Å². The van der Waals surface area contributed by atoms with E-state index < -0.39 is 0 Å². The Morgan fingerprint density at radius 3 is 3.00 bits per heavy atom. The lowest BCUT2D eigenvalue weighted by Crippen LogP contribution is -2.46. The predicted molar refractivity (Wildman–Crippen MR) is 89.4 cm³/mol. The van der Waals surface area contributed by atoms with E-state index in [1.54, 1.807) is 6.07 Å². The van der Waals surface area contributed by atoms with Gasteiger partial charge in [0.2, 0.25) is 0 Å². The summed E-state index contributed by atoms with van der Waals surface area (Å²) in [4.78, 5) is 15.4. The number of hydrogen-bond donors (Lipinski definition) is 0. The summed E-state index contributed by atoms with van der Waals surface area (Å²) in [7, 11) is 0. The third kappa shape index (κ3) is 3.15. The Kier molecular flexibility index (Phi) is 4.49. The number of amides is 1. The van der Waals surface area contributed by atoms with Gasteiger partial charge in [-0.3, -0.25) is 9.48 Å². The molecule has 2 aromatic heterocycles. The zero-order chi connectivity index (χ0) is 16.4. The Labute approximate surface area is 140 Å². The second-order valence-electron chi connectivity index (χ2n) is 6.03. The van der Waals surface area contributed by atoms with Crippen LogP contribution < -0.4 is 0 Å². The molecule has 3 rings (SSSR count). The molecule has 1 atom stereocenters. The molecule has 0 aliphatic carbocycles. The summed E-state index contributed by atoms with van der Waals surface area (Å²) in [5, 5.41) is 15.5. The van der Waals surface area contributed by atoms with E-state index in [2.05, 4.69) is 17.2 Å². The third-order valence-electron chi connectivity index (χ3n) is 4.35. The summed E-state index contributed by atoms with van der Waals surface area (Å²) in [5.41, 5.74) is 2.60. The number of nitrogens with zero attached hydrogens (tertiary/aromatic N) is 4. The van der Waals surface area contributed by atoms with Crippen molar-refractivity contribution in [2.24, 2.45) is 0 Å². The molecule has 0 N–H and O–H groups in total. The molecule has 1 aliphatic rings. The Morgan fingerprint density at radius 1 is 1.48 bits per heavy atom. The Balaban J connectivity index is 1.83. The lowest BCUT2D eigenvalue weighted by Gasteiger charge is -2.35. The number of carbonyl (C=O) groups is 1. The first-order chi connectivity index (χ1) is 11.1. The molecule has 0 spiro atoms. The van der Waals surface area contributed by atoms with E-state index in [-0.39, 0.29) is 11.9 Å². The van der Waals surface area contributed by atoms with Crippen molar-refractivity contribution >= 4 is 17.2 Å². The maximum atomic E-state index is 12.9. The Hall–Kier alpha value is -2.13. The molecule has 1 amide bonds. The van der Waals surface area contributed by atoms with E-state index >= 15 is 0 Å². The molecule has 1 fully saturated rings. The number of nitriles is 1. The fourth-order valence-corrected chi connectivity index (χ4v) is 4.01. The highest BCUT2D eigenvalue weighted by molar-refractivity contribution is 7.12. The molecule has 6 heteroatoms. The first-order valence-electron chi connectivity index (χ1n) is 7.89. The minimum Gasteiger partial charge on any atom is -0.333 e. The zero-order valence-electron chi connectivity index (χ0n) is 13.5. The van der Waals surface area contributed by atoms with Crippen molar-refractivity contribution in [2.45, 2.75) is 45.7 Å².